The summed E-state index contributed by atoms with van der Waals surface area (Å²) in [4.78, 5) is 51.5. The molecule has 0 radical (unpaired) electrons. The Hall–Kier alpha value is -3.95. The van der Waals surface area contributed by atoms with Crippen molar-refractivity contribution in [3.8, 4) is 0 Å². The predicted molar refractivity (Wildman–Crippen MR) is 168 cm³/mol. The van der Waals surface area contributed by atoms with Gasteiger partial charge >= 0.3 is 24.4 Å². The SMILES string of the molecule is CC(C)[C@@H]1CC(=O)CN1C(=O)N1CCc2ncc(C(F)(F)F)cc2C1.CC(C)[C@@H]1C[C@@H](O)CN1C(=O)N1CCc2ncc(C(F)(F)F)cc2C1. The molecule has 10 nitrogen and oxygen atoms in total. The van der Waals surface area contributed by atoms with Gasteiger partial charge in [0.25, 0.3) is 0 Å². The van der Waals surface area contributed by atoms with Crippen molar-refractivity contribution in [1.29, 1.82) is 0 Å². The Labute approximate surface area is 286 Å². The van der Waals surface area contributed by atoms with Gasteiger partial charge in [-0.15, -0.1) is 0 Å². The van der Waals surface area contributed by atoms with Crippen molar-refractivity contribution in [2.75, 3.05) is 26.2 Å². The highest BCUT2D eigenvalue weighted by Gasteiger charge is 2.41. The number of halogens is 6. The van der Waals surface area contributed by atoms with E-state index in [2.05, 4.69) is 9.97 Å². The molecule has 0 unspecified atom stereocenters. The minimum atomic E-state index is -4.46. The van der Waals surface area contributed by atoms with E-state index in [1.807, 2.05) is 27.7 Å². The quantitative estimate of drug-likeness (QED) is 0.410. The summed E-state index contributed by atoms with van der Waals surface area (Å²) >= 11 is 0. The number of β-amino-alcohol motifs (C(OH)–C–C–N with tert-alkyl or cyclic N) is 1. The van der Waals surface area contributed by atoms with E-state index in [4.69, 9.17) is 0 Å². The number of aromatic nitrogens is 2. The summed E-state index contributed by atoms with van der Waals surface area (Å²) in [5.41, 5.74) is 0.458. The summed E-state index contributed by atoms with van der Waals surface area (Å²) in [6.07, 6.45) is -6.05. The average Bonchev–Trinajstić information content (AvgIpc) is 3.65. The molecule has 1 N–H and O–H groups in total. The number of Topliss-reactive ketones (excluding diaryl/α,β-unsaturated/α-hetero) is 1. The second-order valence-electron chi connectivity index (χ2n) is 14.1. The molecule has 2 saturated heterocycles. The molecule has 2 aromatic heterocycles. The number of hydrogen-bond acceptors (Lipinski definition) is 6. The Morgan fingerprint density at radius 1 is 0.760 bits per heavy atom. The Morgan fingerprint density at radius 2 is 1.22 bits per heavy atom. The van der Waals surface area contributed by atoms with E-state index in [9.17, 15) is 45.8 Å². The van der Waals surface area contributed by atoms with Crippen molar-refractivity contribution >= 4 is 17.8 Å². The van der Waals surface area contributed by atoms with Gasteiger partial charge in [0.1, 0.15) is 0 Å². The number of alkyl halides is 6. The van der Waals surface area contributed by atoms with Gasteiger partial charge in [-0.1, -0.05) is 27.7 Å². The zero-order chi connectivity index (χ0) is 36.7. The lowest BCUT2D eigenvalue weighted by Gasteiger charge is -2.35. The lowest BCUT2D eigenvalue weighted by Crippen LogP contribution is -2.48. The predicted octanol–water partition coefficient (Wildman–Crippen LogP) is 5.55. The minimum Gasteiger partial charge on any atom is -0.391 e. The molecule has 0 aliphatic carbocycles. The third kappa shape index (κ3) is 8.16. The molecule has 0 spiro atoms. The van der Waals surface area contributed by atoms with Crippen molar-refractivity contribution in [3.63, 3.8) is 0 Å². The molecule has 50 heavy (non-hydrogen) atoms. The number of carbonyl (C=O) groups excluding carboxylic acids is 3. The van der Waals surface area contributed by atoms with Gasteiger partial charge in [0.05, 0.1) is 23.8 Å². The van der Waals surface area contributed by atoms with Crippen LogP contribution in [0.25, 0.3) is 0 Å². The van der Waals surface area contributed by atoms with Gasteiger partial charge < -0.3 is 24.7 Å². The van der Waals surface area contributed by atoms with Crippen molar-refractivity contribution in [2.45, 2.75) is 97.0 Å². The van der Waals surface area contributed by atoms with Gasteiger partial charge in [0.2, 0.25) is 0 Å². The Morgan fingerprint density at radius 3 is 1.66 bits per heavy atom. The Kier molecular flexibility index (Phi) is 10.7. The van der Waals surface area contributed by atoms with Crippen LogP contribution < -0.4 is 0 Å². The number of nitrogens with zero attached hydrogens (tertiary/aromatic N) is 6. The van der Waals surface area contributed by atoms with Crippen LogP contribution in [0.1, 0.15) is 74.2 Å². The van der Waals surface area contributed by atoms with Gasteiger partial charge in [0, 0.05) is 87.9 Å². The van der Waals surface area contributed by atoms with Gasteiger partial charge in [-0.25, -0.2) is 9.59 Å². The van der Waals surface area contributed by atoms with Crippen LogP contribution in [0.2, 0.25) is 0 Å². The third-order valence-corrected chi connectivity index (χ3v) is 9.81. The number of carbonyl (C=O) groups is 3. The second-order valence-corrected chi connectivity index (χ2v) is 14.1. The molecule has 2 fully saturated rings. The highest BCUT2D eigenvalue weighted by molar-refractivity contribution is 5.89. The standard InChI is InChI=1S/C17H22F3N3O2.C17H20F3N3O2/c2*1-10(2)15-6-13(24)9-23(15)16(25)22-4-3-14-11(8-22)5-12(7-21-14)17(18,19)20/h5,7,10,13,15,24H,3-4,6,8-9H2,1-2H3;5,7,10,15H,3-4,6,8-9H2,1-2H3/t13-,15+;15-/m10/s1. The molecule has 3 atom stereocenters. The number of fused-ring (bicyclic) bond motifs is 2. The molecule has 0 bridgehead atoms. The van der Waals surface area contributed by atoms with Crippen LogP contribution in [-0.4, -0.2) is 96.9 Å². The Bertz CT molecular complexity index is 1600. The molecule has 0 aromatic carbocycles. The van der Waals surface area contributed by atoms with E-state index in [1.165, 1.54) is 4.90 Å². The van der Waals surface area contributed by atoms with Crippen LogP contribution in [0.4, 0.5) is 35.9 Å². The average molecular weight is 713 g/mol. The molecular formula is C34H42F6N6O4. The van der Waals surface area contributed by atoms with E-state index in [0.29, 0.717) is 61.3 Å². The van der Waals surface area contributed by atoms with Gasteiger partial charge in [-0.05, 0) is 41.5 Å². The summed E-state index contributed by atoms with van der Waals surface area (Å²) in [6, 6.07) is 1.44. The number of hydrogen-bond donors (Lipinski definition) is 1. The van der Waals surface area contributed by atoms with Crippen LogP contribution in [0.3, 0.4) is 0 Å². The maximum Gasteiger partial charge on any atom is 0.417 e. The molecule has 6 rings (SSSR count). The van der Waals surface area contributed by atoms with Crippen molar-refractivity contribution < 1.29 is 45.8 Å². The zero-order valence-electron chi connectivity index (χ0n) is 28.4. The topological polar surface area (TPSA) is 110 Å². The lowest BCUT2D eigenvalue weighted by atomic mass is 10.0. The number of urea groups is 2. The molecular weight excluding hydrogens is 670 g/mol. The van der Waals surface area contributed by atoms with E-state index < -0.39 is 29.6 Å². The third-order valence-electron chi connectivity index (χ3n) is 9.81. The molecule has 274 valence electrons. The number of amides is 4. The first kappa shape index (κ1) is 37.3. The molecule has 4 aliphatic heterocycles. The first-order valence-corrected chi connectivity index (χ1v) is 16.7. The fourth-order valence-electron chi connectivity index (χ4n) is 7.07. The van der Waals surface area contributed by atoms with Gasteiger partial charge in [0.15, 0.2) is 5.78 Å². The summed E-state index contributed by atoms with van der Waals surface area (Å²) < 4.78 is 77.3. The smallest absolute Gasteiger partial charge is 0.391 e. The largest absolute Gasteiger partial charge is 0.417 e. The normalized spacial score (nSPS) is 22.5. The monoisotopic (exact) mass is 712 g/mol. The van der Waals surface area contributed by atoms with Crippen molar-refractivity contribution in [3.05, 3.63) is 58.2 Å². The van der Waals surface area contributed by atoms with E-state index >= 15 is 0 Å². The fraction of sp³-hybridized carbons (Fsp3) is 0.618. The summed E-state index contributed by atoms with van der Waals surface area (Å²) in [6.45, 7) is 9.24. The fourth-order valence-corrected chi connectivity index (χ4v) is 7.07. The highest BCUT2D eigenvalue weighted by Crippen LogP contribution is 2.34. The van der Waals surface area contributed by atoms with Crippen molar-refractivity contribution in [1.82, 2.24) is 29.6 Å². The molecule has 2 aromatic rings. The number of aliphatic hydroxyl groups excluding tert-OH is 1. The molecule has 6 heterocycles. The number of likely N-dealkylation sites (tertiary alicyclic amines) is 2. The highest BCUT2D eigenvalue weighted by atomic mass is 19.4. The van der Waals surface area contributed by atoms with Crippen LogP contribution in [0.5, 0.6) is 0 Å². The number of aliphatic hydroxyl groups is 1. The number of rotatable bonds is 2. The molecule has 4 amide bonds. The van der Waals surface area contributed by atoms with E-state index in [0.717, 1.165) is 24.5 Å². The van der Waals surface area contributed by atoms with Crippen molar-refractivity contribution in [2.24, 2.45) is 11.8 Å². The first-order valence-electron chi connectivity index (χ1n) is 16.7. The van der Waals surface area contributed by atoms with Gasteiger partial charge in [-0.2, -0.15) is 26.3 Å². The van der Waals surface area contributed by atoms with Crippen LogP contribution in [0, 0.1) is 11.8 Å². The molecule has 16 heteroatoms. The summed E-state index contributed by atoms with van der Waals surface area (Å²) in [5, 5.41) is 9.90. The number of pyridine rings is 2. The van der Waals surface area contributed by atoms with Crippen LogP contribution in [-0.2, 0) is 43.1 Å². The number of ketones is 1. The molecule has 4 aliphatic rings. The van der Waals surface area contributed by atoms with Gasteiger partial charge in [-0.3, -0.25) is 14.8 Å². The zero-order valence-corrected chi connectivity index (χ0v) is 28.4. The lowest BCUT2D eigenvalue weighted by molar-refractivity contribution is -0.138. The minimum absolute atomic E-state index is 0.0190. The van der Waals surface area contributed by atoms with Crippen LogP contribution in [0.15, 0.2) is 24.5 Å². The summed E-state index contributed by atoms with van der Waals surface area (Å²) in [5.74, 6) is 0.369. The molecule has 0 saturated carbocycles. The first-order chi connectivity index (χ1) is 23.3. The van der Waals surface area contributed by atoms with Crippen LogP contribution >= 0.6 is 0 Å². The Balaban J connectivity index is 0.000000194. The maximum absolute atomic E-state index is 12.9. The maximum atomic E-state index is 12.9. The van der Waals surface area contributed by atoms with E-state index in [1.54, 1.807) is 14.7 Å². The van der Waals surface area contributed by atoms with E-state index in [-0.39, 0.29) is 67.9 Å². The second kappa shape index (κ2) is 14.3. The summed E-state index contributed by atoms with van der Waals surface area (Å²) in [7, 11) is 0.